The van der Waals surface area contributed by atoms with Gasteiger partial charge in [0.1, 0.15) is 10.6 Å². The first-order valence-corrected chi connectivity index (χ1v) is 12.2. The van der Waals surface area contributed by atoms with Crippen LogP contribution in [-0.4, -0.2) is 68.0 Å². The van der Waals surface area contributed by atoms with E-state index in [9.17, 15) is 13.2 Å². The number of piperidine rings is 1. The van der Waals surface area contributed by atoms with Gasteiger partial charge in [0.05, 0.1) is 0 Å². The van der Waals surface area contributed by atoms with Crippen molar-refractivity contribution in [3.63, 3.8) is 0 Å². The van der Waals surface area contributed by atoms with Gasteiger partial charge in [0, 0.05) is 32.6 Å². The topological polar surface area (TPSA) is 95.8 Å². The average molecular weight is 427 g/mol. The SMILES string of the molecule is Cc1noc(C)c1S(=O)(=O)N1CCC(CC(=O)NCCN2CCCCCC2)CC1. The van der Waals surface area contributed by atoms with Crippen LogP contribution >= 0.6 is 0 Å². The molecule has 0 radical (unpaired) electrons. The van der Waals surface area contributed by atoms with E-state index in [1.807, 2.05) is 0 Å². The van der Waals surface area contributed by atoms with E-state index >= 15 is 0 Å². The van der Waals surface area contributed by atoms with Crippen molar-refractivity contribution >= 4 is 15.9 Å². The van der Waals surface area contributed by atoms with Crippen LogP contribution in [0.1, 0.15) is 56.4 Å². The van der Waals surface area contributed by atoms with Gasteiger partial charge < -0.3 is 14.7 Å². The van der Waals surface area contributed by atoms with E-state index in [0.29, 0.717) is 50.4 Å². The largest absolute Gasteiger partial charge is 0.360 e. The molecule has 9 heteroatoms. The third kappa shape index (κ3) is 5.79. The summed E-state index contributed by atoms with van der Waals surface area (Å²) in [5.41, 5.74) is 0.397. The van der Waals surface area contributed by atoms with Crippen molar-refractivity contribution in [2.45, 2.75) is 63.7 Å². The molecule has 2 aliphatic heterocycles. The first kappa shape index (κ1) is 22.2. The number of sulfonamides is 1. The lowest BCUT2D eigenvalue weighted by Gasteiger charge is -2.30. The van der Waals surface area contributed by atoms with Crippen molar-refractivity contribution in [1.29, 1.82) is 0 Å². The number of rotatable bonds is 7. The normalized spacial score (nSPS) is 20.5. The summed E-state index contributed by atoms with van der Waals surface area (Å²) in [6.45, 7) is 8.00. The van der Waals surface area contributed by atoms with Gasteiger partial charge in [-0.1, -0.05) is 18.0 Å². The number of aryl methyl sites for hydroxylation is 2. The van der Waals surface area contributed by atoms with E-state index in [1.165, 1.54) is 30.0 Å². The Bertz CT molecular complexity index is 757. The summed E-state index contributed by atoms with van der Waals surface area (Å²) in [5, 5.41) is 6.81. The van der Waals surface area contributed by atoms with Gasteiger partial charge in [-0.25, -0.2) is 8.42 Å². The van der Waals surface area contributed by atoms with E-state index in [4.69, 9.17) is 4.52 Å². The Labute approximate surface area is 174 Å². The second kappa shape index (κ2) is 10.0. The number of aromatic nitrogens is 1. The maximum absolute atomic E-state index is 12.9. The van der Waals surface area contributed by atoms with Crippen LogP contribution in [0.4, 0.5) is 0 Å². The second-order valence-electron chi connectivity index (χ2n) is 8.31. The predicted octanol–water partition coefficient (Wildman–Crippen LogP) is 2.07. The van der Waals surface area contributed by atoms with Gasteiger partial charge in [-0.05, 0) is 58.5 Å². The van der Waals surface area contributed by atoms with E-state index in [0.717, 1.165) is 19.6 Å². The Hall–Kier alpha value is -1.45. The number of amides is 1. The first-order chi connectivity index (χ1) is 13.9. The van der Waals surface area contributed by atoms with Crippen molar-refractivity contribution in [3.8, 4) is 0 Å². The lowest BCUT2D eigenvalue weighted by Crippen LogP contribution is -2.40. The Morgan fingerprint density at radius 1 is 1.10 bits per heavy atom. The third-order valence-corrected chi connectivity index (χ3v) is 8.21. The molecular formula is C20H34N4O4S. The van der Waals surface area contributed by atoms with Crippen LogP contribution in [0, 0.1) is 19.8 Å². The lowest BCUT2D eigenvalue weighted by molar-refractivity contribution is -0.122. The minimum atomic E-state index is -3.59. The van der Waals surface area contributed by atoms with Crippen molar-refractivity contribution in [3.05, 3.63) is 11.5 Å². The highest BCUT2D eigenvalue weighted by Gasteiger charge is 2.34. The smallest absolute Gasteiger partial charge is 0.248 e. The standard InChI is InChI=1S/C20H34N4O4S/c1-16-20(17(2)28-22-16)29(26,27)24-12-7-18(8-13-24)15-19(25)21-9-14-23-10-5-3-4-6-11-23/h18H,3-15H2,1-2H3,(H,21,25). The molecule has 2 aliphatic rings. The molecule has 164 valence electrons. The van der Waals surface area contributed by atoms with Gasteiger partial charge in [-0.3, -0.25) is 4.79 Å². The minimum Gasteiger partial charge on any atom is -0.360 e. The molecule has 2 saturated heterocycles. The molecule has 0 spiro atoms. The molecule has 0 atom stereocenters. The van der Waals surface area contributed by atoms with Crippen molar-refractivity contribution < 1.29 is 17.7 Å². The van der Waals surface area contributed by atoms with Gasteiger partial charge in [0.2, 0.25) is 15.9 Å². The predicted molar refractivity (Wildman–Crippen MR) is 110 cm³/mol. The van der Waals surface area contributed by atoms with E-state index in [2.05, 4.69) is 15.4 Å². The number of nitrogens with one attached hydrogen (secondary N) is 1. The highest BCUT2D eigenvalue weighted by molar-refractivity contribution is 7.89. The fraction of sp³-hybridized carbons (Fsp3) is 0.800. The molecule has 0 bridgehead atoms. The lowest BCUT2D eigenvalue weighted by atomic mass is 9.94. The molecule has 29 heavy (non-hydrogen) atoms. The molecule has 2 fully saturated rings. The Morgan fingerprint density at radius 2 is 1.76 bits per heavy atom. The molecule has 0 aromatic carbocycles. The zero-order chi connectivity index (χ0) is 20.9. The van der Waals surface area contributed by atoms with Crippen LogP contribution in [0.2, 0.25) is 0 Å². The molecular weight excluding hydrogens is 392 g/mol. The zero-order valence-corrected chi connectivity index (χ0v) is 18.5. The van der Waals surface area contributed by atoms with Gasteiger partial charge >= 0.3 is 0 Å². The van der Waals surface area contributed by atoms with E-state index < -0.39 is 10.0 Å². The van der Waals surface area contributed by atoms with Crippen LogP contribution in [0.5, 0.6) is 0 Å². The van der Waals surface area contributed by atoms with Gasteiger partial charge in [0.25, 0.3) is 0 Å². The Balaban J connectivity index is 1.41. The second-order valence-corrected chi connectivity index (χ2v) is 10.2. The van der Waals surface area contributed by atoms with Crippen LogP contribution in [-0.2, 0) is 14.8 Å². The van der Waals surface area contributed by atoms with Crippen LogP contribution < -0.4 is 5.32 Å². The maximum atomic E-state index is 12.9. The molecule has 3 rings (SSSR count). The molecule has 8 nitrogen and oxygen atoms in total. The number of hydrogen-bond acceptors (Lipinski definition) is 6. The molecule has 0 aliphatic carbocycles. The molecule has 1 amide bonds. The highest BCUT2D eigenvalue weighted by atomic mass is 32.2. The molecule has 0 unspecified atom stereocenters. The quantitative estimate of drug-likeness (QED) is 0.717. The molecule has 0 saturated carbocycles. The van der Waals surface area contributed by atoms with Crippen molar-refractivity contribution in [2.75, 3.05) is 39.3 Å². The Kier molecular flexibility index (Phi) is 7.70. The number of carbonyl (C=O) groups is 1. The molecule has 1 N–H and O–H groups in total. The molecule has 3 heterocycles. The fourth-order valence-electron chi connectivity index (χ4n) is 4.37. The van der Waals surface area contributed by atoms with Crippen molar-refractivity contribution in [1.82, 2.24) is 19.7 Å². The fourth-order valence-corrected chi connectivity index (χ4v) is 6.13. The Morgan fingerprint density at radius 3 is 2.34 bits per heavy atom. The van der Waals surface area contributed by atoms with Crippen molar-refractivity contribution in [2.24, 2.45) is 5.92 Å². The summed E-state index contributed by atoms with van der Waals surface area (Å²) in [5.74, 6) is 0.629. The van der Waals surface area contributed by atoms with Crippen LogP contribution in [0.15, 0.2) is 9.42 Å². The zero-order valence-electron chi connectivity index (χ0n) is 17.7. The highest BCUT2D eigenvalue weighted by Crippen LogP contribution is 2.28. The molecule has 1 aromatic rings. The number of nitrogens with zero attached hydrogens (tertiary/aromatic N) is 3. The van der Waals surface area contributed by atoms with Gasteiger partial charge in [0.15, 0.2) is 5.76 Å². The van der Waals surface area contributed by atoms with Crippen LogP contribution in [0.25, 0.3) is 0 Å². The minimum absolute atomic E-state index is 0.0758. The summed E-state index contributed by atoms with van der Waals surface area (Å²) in [6.07, 6.45) is 7.00. The summed E-state index contributed by atoms with van der Waals surface area (Å²) >= 11 is 0. The van der Waals surface area contributed by atoms with Crippen LogP contribution in [0.3, 0.4) is 0 Å². The molecule has 1 aromatic heterocycles. The summed E-state index contributed by atoms with van der Waals surface area (Å²) < 4.78 is 32.3. The maximum Gasteiger partial charge on any atom is 0.248 e. The summed E-state index contributed by atoms with van der Waals surface area (Å²) in [6, 6.07) is 0. The number of likely N-dealkylation sites (tertiary alicyclic amines) is 1. The van der Waals surface area contributed by atoms with E-state index in [1.54, 1.807) is 13.8 Å². The van der Waals surface area contributed by atoms with Gasteiger partial charge in [-0.2, -0.15) is 4.31 Å². The monoisotopic (exact) mass is 426 g/mol. The summed E-state index contributed by atoms with van der Waals surface area (Å²) in [7, 11) is -3.59. The third-order valence-electron chi connectivity index (χ3n) is 6.06. The summed E-state index contributed by atoms with van der Waals surface area (Å²) in [4.78, 5) is 14.9. The van der Waals surface area contributed by atoms with Gasteiger partial charge in [-0.15, -0.1) is 0 Å². The average Bonchev–Trinajstić information content (AvgIpc) is 2.87. The number of carbonyl (C=O) groups excluding carboxylic acids is 1. The first-order valence-electron chi connectivity index (χ1n) is 10.8. The number of hydrogen-bond donors (Lipinski definition) is 1. The van der Waals surface area contributed by atoms with E-state index in [-0.39, 0.29) is 16.7 Å².